The van der Waals surface area contributed by atoms with Crippen LogP contribution in [-0.2, 0) is 11.3 Å². The van der Waals surface area contributed by atoms with E-state index in [9.17, 15) is 14.9 Å². The number of carbonyl (C=O) groups excluding carboxylic acids is 1. The van der Waals surface area contributed by atoms with E-state index in [0.29, 0.717) is 11.3 Å². The van der Waals surface area contributed by atoms with Crippen molar-refractivity contribution < 1.29 is 9.72 Å². The Hall–Kier alpha value is -2.06. The Kier molecular flexibility index (Phi) is 6.17. The number of carbonyl (C=O) groups is 1. The molecule has 0 N–H and O–H groups in total. The fourth-order valence-corrected chi connectivity index (χ4v) is 2.40. The number of hydrogen-bond acceptors (Lipinski definition) is 5. The first-order chi connectivity index (χ1) is 10.3. The fourth-order valence-electron chi connectivity index (χ4n) is 1.59. The molecule has 0 saturated heterocycles. The standard InChI is InChI=1S/C14H16N4O3S.ClH/c1-14(2,3)12(19)16-13-17(9-11(22-13)18(20)21)8-10-4-6-15-7-5-10;/h4-7,9H,8H2,1-3H3;1H. The van der Waals surface area contributed by atoms with Crippen LogP contribution < -0.4 is 4.80 Å². The Bertz CT molecular complexity index is 762. The quantitative estimate of drug-likeness (QED) is 0.624. The highest BCUT2D eigenvalue weighted by Gasteiger charge is 2.22. The maximum absolute atomic E-state index is 12.1. The number of aromatic nitrogens is 2. The van der Waals surface area contributed by atoms with E-state index in [2.05, 4.69) is 9.98 Å². The maximum atomic E-state index is 12.1. The van der Waals surface area contributed by atoms with Crippen LogP contribution in [0.1, 0.15) is 26.3 Å². The lowest BCUT2D eigenvalue weighted by Gasteiger charge is -2.11. The summed E-state index contributed by atoms with van der Waals surface area (Å²) in [6.45, 7) is 5.67. The molecule has 7 nitrogen and oxygen atoms in total. The smallest absolute Gasteiger partial charge is 0.312 e. The molecule has 2 heterocycles. The minimum atomic E-state index is -0.632. The molecule has 1 amide bonds. The second kappa shape index (κ2) is 7.47. The molecule has 2 aromatic rings. The summed E-state index contributed by atoms with van der Waals surface area (Å²) in [5, 5.41) is 10.9. The van der Waals surface area contributed by atoms with Gasteiger partial charge in [0.15, 0.2) is 4.80 Å². The number of nitrogens with zero attached hydrogens (tertiary/aromatic N) is 4. The summed E-state index contributed by atoms with van der Waals surface area (Å²) >= 11 is 0.892. The lowest BCUT2D eigenvalue weighted by atomic mass is 9.96. The molecule has 0 aromatic carbocycles. The van der Waals surface area contributed by atoms with Crippen molar-refractivity contribution in [2.45, 2.75) is 27.3 Å². The summed E-state index contributed by atoms with van der Waals surface area (Å²) in [6.07, 6.45) is 4.70. The maximum Gasteiger partial charge on any atom is 0.343 e. The van der Waals surface area contributed by atoms with Crippen LogP contribution >= 0.6 is 23.7 Å². The number of rotatable bonds is 3. The number of pyridine rings is 1. The van der Waals surface area contributed by atoms with Gasteiger partial charge in [0.25, 0.3) is 5.91 Å². The normalized spacial score (nSPS) is 11.9. The van der Waals surface area contributed by atoms with Crippen LogP contribution in [0.3, 0.4) is 0 Å². The fraction of sp³-hybridized carbons (Fsp3) is 0.357. The van der Waals surface area contributed by atoms with Crippen LogP contribution in [0.15, 0.2) is 35.7 Å². The average molecular weight is 357 g/mol. The van der Waals surface area contributed by atoms with Crippen molar-refractivity contribution in [1.29, 1.82) is 0 Å². The number of nitro groups is 1. The Morgan fingerprint density at radius 2 is 2.00 bits per heavy atom. The molecule has 9 heteroatoms. The molecule has 23 heavy (non-hydrogen) atoms. The Morgan fingerprint density at radius 1 is 1.39 bits per heavy atom. The average Bonchev–Trinajstić information content (AvgIpc) is 2.82. The van der Waals surface area contributed by atoms with Crippen molar-refractivity contribution in [3.05, 3.63) is 51.2 Å². The molecule has 0 spiro atoms. The van der Waals surface area contributed by atoms with Gasteiger partial charge in [-0.15, -0.1) is 12.4 Å². The molecule has 0 bridgehead atoms. The summed E-state index contributed by atoms with van der Waals surface area (Å²) in [6, 6.07) is 3.62. The second-order valence-corrected chi connectivity index (χ2v) is 6.75. The molecule has 0 unspecified atom stereocenters. The van der Waals surface area contributed by atoms with Crippen molar-refractivity contribution in [1.82, 2.24) is 9.55 Å². The summed E-state index contributed by atoms with van der Waals surface area (Å²) in [5.41, 5.74) is 0.292. The van der Waals surface area contributed by atoms with Crippen LogP contribution in [0.2, 0.25) is 0 Å². The third-order valence-corrected chi connectivity index (χ3v) is 3.80. The molecule has 124 valence electrons. The zero-order valence-electron chi connectivity index (χ0n) is 12.9. The first-order valence-corrected chi connectivity index (χ1v) is 7.42. The second-order valence-electron chi connectivity index (χ2n) is 5.76. The van der Waals surface area contributed by atoms with E-state index in [-0.39, 0.29) is 23.3 Å². The molecule has 0 radical (unpaired) electrons. The minimum absolute atomic E-state index is 0. The molecule has 0 saturated carbocycles. The van der Waals surface area contributed by atoms with Crippen molar-refractivity contribution in [2.24, 2.45) is 10.4 Å². The van der Waals surface area contributed by atoms with Crippen molar-refractivity contribution in [3.63, 3.8) is 0 Å². The van der Waals surface area contributed by atoms with E-state index in [1.54, 1.807) is 37.7 Å². The third-order valence-electron chi connectivity index (χ3n) is 2.83. The Balaban J connectivity index is 0.00000264. The monoisotopic (exact) mass is 356 g/mol. The SMILES string of the molecule is CC(C)(C)C(=O)N=c1sc([N+](=O)[O-])cn1Cc1ccncc1.Cl. The van der Waals surface area contributed by atoms with Crippen molar-refractivity contribution in [2.75, 3.05) is 0 Å². The number of thiazole rings is 1. The molecule has 2 aromatic heterocycles. The van der Waals surface area contributed by atoms with Gasteiger partial charge in [0.05, 0.1) is 17.7 Å². The lowest BCUT2D eigenvalue weighted by molar-refractivity contribution is -0.380. The molecule has 0 aliphatic rings. The van der Waals surface area contributed by atoms with Gasteiger partial charge >= 0.3 is 5.00 Å². The van der Waals surface area contributed by atoms with Gasteiger partial charge in [-0.1, -0.05) is 20.8 Å². The molecule has 0 aliphatic carbocycles. The molecular formula is C14H17ClN4O3S. The van der Waals surface area contributed by atoms with Crippen LogP contribution in [0, 0.1) is 15.5 Å². The van der Waals surface area contributed by atoms with E-state index < -0.39 is 10.3 Å². The molecule has 0 atom stereocenters. The Morgan fingerprint density at radius 3 is 2.52 bits per heavy atom. The van der Waals surface area contributed by atoms with Gasteiger partial charge < -0.3 is 4.57 Å². The van der Waals surface area contributed by atoms with Gasteiger partial charge in [-0.2, -0.15) is 4.99 Å². The van der Waals surface area contributed by atoms with E-state index in [1.807, 2.05) is 12.1 Å². The first kappa shape index (κ1) is 19.0. The van der Waals surface area contributed by atoms with Gasteiger partial charge in [0.2, 0.25) is 0 Å². The lowest BCUT2D eigenvalue weighted by Crippen LogP contribution is -2.23. The highest BCUT2D eigenvalue weighted by Crippen LogP contribution is 2.18. The number of amides is 1. The predicted octanol–water partition coefficient (Wildman–Crippen LogP) is 2.80. The van der Waals surface area contributed by atoms with E-state index in [0.717, 1.165) is 16.9 Å². The topological polar surface area (TPSA) is 90.4 Å². The Labute approximate surface area is 143 Å². The molecule has 0 aliphatic heterocycles. The van der Waals surface area contributed by atoms with Crippen LogP contribution in [0.4, 0.5) is 5.00 Å². The summed E-state index contributed by atoms with van der Waals surface area (Å²) in [5.74, 6) is -0.312. The zero-order valence-corrected chi connectivity index (χ0v) is 14.6. The van der Waals surface area contributed by atoms with Gasteiger partial charge in [-0.25, -0.2) is 0 Å². The largest absolute Gasteiger partial charge is 0.343 e. The van der Waals surface area contributed by atoms with E-state index >= 15 is 0 Å². The minimum Gasteiger partial charge on any atom is -0.312 e. The highest BCUT2D eigenvalue weighted by molar-refractivity contribution is 7.12. The molecule has 0 fully saturated rings. The van der Waals surface area contributed by atoms with Gasteiger partial charge in [0, 0.05) is 17.8 Å². The van der Waals surface area contributed by atoms with E-state index in [1.165, 1.54) is 6.20 Å². The molecular weight excluding hydrogens is 340 g/mol. The van der Waals surface area contributed by atoms with Gasteiger partial charge in [-0.3, -0.25) is 19.9 Å². The van der Waals surface area contributed by atoms with Gasteiger partial charge in [-0.05, 0) is 29.0 Å². The van der Waals surface area contributed by atoms with Crippen LogP contribution in [-0.4, -0.2) is 20.4 Å². The van der Waals surface area contributed by atoms with Gasteiger partial charge in [0.1, 0.15) is 0 Å². The summed E-state index contributed by atoms with van der Waals surface area (Å²) in [7, 11) is 0. The molecule has 2 rings (SSSR count). The summed E-state index contributed by atoms with van der Waals surface area (Å²) < 4.78 is 1.61. The zero-order chi connectivity index (χ0) is 16.3. The number of halogens is 1. The summed E-state index contributed by atoms with van der Waals surface area (Å²) in [4.78, 5) is 30.9. The van der Waals surface area contributed by atoms with Crippen molar-refractivity contribution >= 4 is 34.7 Å². The van der Waals surface area contributed by atoms with E-state index in [4.69, 9.17) is 0 Å². The van der Waals surface area contributed by atoms with Crippen LogP contribution in [0.5, 0.6) is 0 Å². The first-order valence-electron chi connectivity index (χ1n) is 6.60. The van der Waals surface area contributed by atoms with Crippen molar-refractivity contribution in [3.8, 4) is 0 Å². The highest BCUT2D eigenvalue weighted by atomic mass is 35.5. The predicted molar refractivity (Wildman–Crippen MR) is 89.6 cm³/mol. The third kappa shape index (κ3) is 4.97. The number of hydrogen-bond donors (Lipinski definition) is 0. The van der Waals surface area contributed by atoms with Crippen LogP contribution in [0.25, 0.3) is 0 Å².